The van der Waals surface area contributed by atoms with Gasteiger partial charge in [0.05, 0.1) is 0 Å². The molecule has 1 nitrogen and oxygen atoms in total. The minimum Gasteiger partial charge on any atom is -0.396 e. The van der Waals surface area contributed by atoms with Gasteiger partial charge in [-0.05, 0) is 18.8 Å². The Morgan fingerprint density at radius 1 is 1.30 bits per heavy atom. The summed E-state index contributed by atoms with van der Waals surface area (Å²) in [4.78, 5) is 0. The molecule has 1 N–H and O–H groups in total. The van der Waals surface area contributed by atoms with Crippen LogP contribution in [0.15, 0.2) is 0 Å². The highest BCUT2D eigenvalue weighted by atomic mass is 79.9. The van der Waals surface area contributed by atoms with Gasteiger partial charge >= 0.3 is 0 Å². The van der Waals surface area contributed by atoms with E-state index < -0.39 is 0 Å². The molecule has 0 spiro atoms. The molecule has 0 saturated carbocycles. The fourth-order valence-corrected chi connectivity index (χ4v) is 1.35. The average molecular weight is 209 g/mol. The highest BCUT2D eigenvalue weighted by molar-refractivity contribution is 9.09. The van der Waals surface area contributed by atoms with Crippen molar-refractivity contribution in [3.8, 4) is 0 Å². The summed E-state index contributed by atoms with van der Waals surface area (Å²) in [6, 6.07) is 0. The Balaban J connectivity index is 2.97. The van der Waals surface area contributed by atoms with Crippen molar-refractivity contribution < 1.29 is 5.11 Å². The predicted octanol–water partition coefficient (Wildman–Crippen LogP) is 2.57. The zero-order valence-electron chi connectivity index (χ0n) is 6.65. The Kier molecular flexibility index (Phi) is 7.88. The molecule has 10 heavy (non-hydrogen) atoms. The quantitative estimate of drug-likeness (QED) is 0.526. The molecule has 0 amide bonds. The van der Waals surface area contributed by atoms with Crippen LogP contribution in [-0.2, 0) is 0 Å². The molecule has 0 rings (SSSR count). The van der Waals surface area contributed by atoms with Crippen molar-refractivity contribution in [2.24, 2.45) is 5.92 Å². The third kappa shape index (κ3) is 6.56. The van der Waals surface area contributed by atoms with Gasteiger partial charge in [-0.25, -0.2) is 0 Å². The van der Waals surface area contributed by atoms with Gasteiger partial charge in [0, 0.05) is 11.9 Å². The standard InChI is InChI=1S/C8H17BrO/c1-8(5-7-10)4-2-3-6-9/h8,10H,2-7H2,1H3. The molecule has 0 aliphatic heterocycles. The third-order valence-corrected chi connectivity index (χ3v) is 2.26. The summed E-state index contributed by atoms with van der Waals surface area (Å²) in [5, 5.41) is 9.69. The topological polar surface area (TPSA) is 20.2 Å². The van der Waals surface area contributed by atoms with E-state index in [0.717, 1.165) is 11.8 Å². The molecule has 0 aromatic carbocycles. The van der Waals surface area contributed by atoms with Crippen LogP contribution in [0.4, 0.5) is 0 Å². The third-order valence-electron chi connectivity index (χ3n) is 1.70. The first-order chi connectivity index (χ1) is 4.81. The van der Waals surface area contributed by atoms with Gasteiger partial charge in [-0.3, -0.25) is 0 Å². The van der Waals surface area contributed by atoms with Crippen molar-refractivity contribution in [1.29, 1.82) is 0 Å². The fraction of sp³-hybridized carbons (Fsp3) is 1.00. The number of hydrogen-bond donors (Lipinski definition) is 1. The van der Waals surface area contributed by atoms with Crippen LogP contribution in [0, 0.1) is 5.92 Å². The van der Waals surface area contributed by atoms with E-state index in [2.05, 4.69) is 22.9 Å². The maximum absolute atomic E-state index is 8.58. The summed E-state index contributed by atoms with van der Waals surface area (Å²) in [6.45, 7) is 2.54. The second-order valence-corrected chi connectivity index (χ2v) is 3.60. The first-order valence-corrected chi connectivity index (χ1v) is 5.10. The molecular weight excluding hydrogens is 192 g/mol. The molecule has 0 aromatic rings. The van der Waals surface area contributed by atoms with E-state index in [9.17, 15) is 0 Å². The van der Waals surface area contributed by atoms with Crippen molar-refractivity contribution in [2.75, 3.05) is 11.9 Å². The minimum atomic E-state index is 0.343. The molecule has 0 heterocycles. The predicted molar refractivity (Wildman–Crippen MR) is 48.5 cm³/mol. The summed E-state index contributed by atoms with van der Waals surface area (Å²) in [5.74, 6) is 0.698. The van der Waals surface area contributed by atoms with Crippen molar-refractivity contribution in [3.05, 3.63) is 0 Å². The van der Waals surface area contributed by atoms with E-state index in [0.29, 0.717) is 12.5 Å². The second kappa shape index (κ2) is 7.55. The molecule has 0 aliphatic carbocycles. The number of hydrogen-bond acceptors (Lipinski definition) is 1. The SMILES string of the molecule is CC(CCO)CCCCBr. The minimum absolute atomic E-state index is 0.343. The number of halogens is 1. The molecule has 0 aromatic heterocycles. The Morgan fingerprint density at radius 3 is 2.50 bits per heavy atom. The molecule has 0 saturated heterocycles. The zero-order chi connectivity index (χ0) is 7.82. The Hall–Kier alpha value is 0.440. The summed E-state index contributed by atoms with van der Waals surface area (Å²) in [7, 11) is 0. The highest BCUT2D eigenvalue weighted by Crippen LogP contribution is 2.11. The van der Waals surface area contributed by atoms with E-state index >= 15 is 0 Å². The van der Waals surface area contributed by atoms with Crippen LogP contribution in [0.3, 0.4) is 0 Å². The second-order valence-electron chi connectivity index (χ2n) is 2.80. The molecule has 0 fully saturated rings. The maximum Gasteiger partial charge on any atom is 0.0433 e. The highest BCUT2D eigenvalue weighted by Gasteiger charge is 1.99. The lowest BCUT2D eigenvalue weighted by Crippen LogP contribution is -1.97. The van der Waals surface area contributed by atoms with Gasteiger partial charge in [0.15, 0.2) is 0 Å². The first-order valence-electron chi connectivity index (χ1n) is 3.98. The summed E-state index contributed by atoms with van der Waals surface area (Å²) in [6.07, 6.45) is 4.76. The van der Waals surface area contributed by atoms with Gasteiger partial charge in [0.25, 0.3) is 0 Å². The lowest BCUT2D eigenvalue weighted by Gasteiger charge is -2.07. The van der Waals surface area contributed by atoms with Crippen molar-refractivity contribution in [3.63, 3.8) is 0 Å². The van der Waals surface area contributed by atoms with E-state index in [4.69, 9.17) is 5.11 Å². The number of rotatable bonds is 6. The van der Waals surface area contributed by atoms with Crippen LogP contribution in [0.2, 0.25) is 0 Å². The first kappa shape index (κ1) is 10.4. The monoisotopic (exact) mass is 208 g/mol. The average Bonchev–Trinajstić information content (AvgIpc) is 1.89. The van der Waals surface area contributed by atoms with Crippen LogP contribution < -0.4 is 0 Å². The van der Waals surface area contributed by atoms with Gasteiger partial charge in [-0.1, -0.05) is 35.7 Å². The number of aliphatic hydroxyl groups excluding tert-OH is 1. The van der Waals surface area contributed by atoms with Crippen molar-refractivity contribution >= 4 is 15.9 Å². The molecule has 0 bridgehead atoms. The van der Waals surface area contributed by atoms with Crippen molar-refractivity contribution in [2.45, 2.75) is 32.6 Å². The van der Waals surface area contributed by atoms with Crippen LogP contribution >= 0.6 is 15.9 Å². The normalized spacial score (nSPS) is 13.5. The number of unbranched alkanes of at least 4 members (excludes halogenated alkanes) is 1. The van der Waals surface area contributed by atoms with Gasteiger partial charge in [0.1, 0.15) is 0 Å². The molecule has 1 atom stereocenters. The molecule has 62 valence electrons. The molecule has 0 radical (unpaired) electrons. The van der Waals surface area contributed by atoms with E-state index in [-0.39, 0.29) is 0 Å². The number of aliphatic hydroxyl groups is 1. The van der Waals surface area contributed by atoms with E-state index in [1.165, 1.54) is 19.3 Å². The number of alkyl halides is 1. The molecule has 0 aliphatic rings. The molecule has 2 heteroatoms. The van der Waals surface area contributed by atoms with Gasteiger partial charge in [-0.2, -0.15) is 0 Å². The van der Waals surface area contributed by atoms with Gasteiger partial charge < -0.3 is 5.11 Å². The lowest BCUT2D eigenvalue weighted by atomic mass is 10.0. The van der Waals surface area contributed by atoms with Gasteiger partial charge in [-0.15, -0.1) is 0 Å². The lowest BCUT2D eigenvalue weighted by molar-refractivity contribution is 0.257. The Morgan fingerprint density at radius 2 is 2.00 bits per heavy atom. The van der Waals surface area contributed by atoms with Crippen molar-refractivity contribution in [1.82, 2.24) is 0 Å². The van der Waals surface area contributed by atoms with Crippen LogP contribution in [0.5, 0.6) is 0 Å². The maximum atomic E-state index is 8.58. The largest absolute Gasteiger partial charge is 0.396 e. The van der Waals surface area contributed by atoms with Crippen LogP contribution in [0.1, 0.15) is 32.6 Å². The van der Waals surface area contributed by atoms with Gasteiger partial charge in [0.2, 0.25) is 0 Å². The van der Waals surface area contributed by atoms with E-state index in [1.807, 2.05) is 0 Å². The van der Waals surface area contributed by atoms with Crippen LogP contribution in [0.25, 0.3) is 0 Å². The zero-order valence-corrected chi connectivity index (χ0v) is 8.23. The Labute approximate surface area is 72.0 Å². The molecular formula is C8H17BrO. The molecule has 1 unspecified atom stereocenters. The summed E-state index contributed by atoms with van der Waals surface area (Å²) >= 11 is 3.39. The van der Waals surface area contributed by atoms with E-state index in [1.54, 1.807) is 0 Å². The summed E-state index contributed by atoms with van der Waals surface area (Å²) < 4.78 is 0. The smallest absolute Gasteiger partial charge is 0.0433 e. The summed E-state index contributed by atoms with van der Waals surface area (Å²) in [5.41, 5.74) is 0. The Bertz CT molecular complexity index is 66.3. The van der Waals surface area contributed by atoms with Crippen LogP contribution in [-0.4, -0.2) is 17.0 Å². The fourth-order valence-electron chi connectivity index (χ4n) is 0.952.